The molecule has 0 unspecified atom stereocenters. The first-order chi connectivity index (χ1) is 11.2. The van der Waals surface area contributed by atoms with Crippen molar-refractivity contribution in [3.63, 3.8) is 0 Å². The molecule has 2 heterocycles. The summed E-state index contributed by atoms with van der Waals surface area (Å²) in [6.07, 6.45) is 8.12. The van der Waals surface area contributed by atoms with E-state index < -0.39 is 0 Å². The Morgan fingerprint density at radius 3 is 3.00 bits per heavy atom. The fraction of sp³-hybridized carbons (Fsp3) is 0.474. The molecule has 1 saturated heterocycles. The molecule has 1 aliphatic carbocycles. The standard InChI is InChI=1S/C19H23N3O/c1-14-11-20-21(12-14)13-16-6-4-10-22(16)19(23)18-9-8-15-5-2-3-7-17(15)18/h2-3,5,7,11-12,16,18H,4,6,8-10,13H2,1H3/t16-,18+/m0/s1. The first-order valence-corrected chi connectivity index (χ1v) is 8.60. The first kappa shape index (κ1) is 14.5. The number of likely N-dealkylation sites (tertiary alicyclic amines) is 1. The average Bonchev–Trinajstić information content (AvgIpc) is 3.27. The Morgan fingerprint density at radius 2 is 2.17 bits per heavy atom. The van der Waals surface area contributed by atoms with Crippen LogP contribution in [0.25, 0.3) is 0 Å². The highest BCUT2D eigenvalue weighted by Crippen LogP contribution is 2.36. The van der Waals surface area contributed by atoms with Crippen LogP contribution >= 0.6 is 0 Å². The first-order valence-electron chi connectivity index (χ1n) is 8.60. The Balaban J connectivity index is 1.51. The van der Waals surface area contributed by atoms with E-state index in [0.717, 1.165) is 38.8 Å². The van der Waals surface area contributed by atoms with E-state index in [2.05, 4.69) is 47.4 Å². The summed E-state index contributed by atoms with van der Waals surface area (Å²) in [5, 5.41) is 4.39. The van der Waals surface area contributed by atoms with Crippen molar-refractivity contribution in [1.82, 2.24) is 14.7 Å². The predicted octanol–water partition coefficient (Wildman–Crippen LogP) is 2.91. The fourth-order valence-electron chi connectivity index (χ4n) is 4.11. The molecular formula is C19H23N3O. The molecule has 1 amide bonds. The predicted molar refractivity (Wildman–Crippen MR) is 89.2 cm³/mol. The molecule has 1 aromatic carbocycles. The Bertz CT molecular complexity index is 721. The highest BCUT2D eigenvalue weighted by molar-refractivity contribution is 5.85. The molecular weight excluding hydrogens is 286 g/mol. The van der Waals surface area contributed by atoms with E-state index in [1.54, 1.807) is 0 Å². The van der Waals surface area contributed by atoms with Crippen molar-refractivity contribution in [3.8, 4) is 0 Å². The van der Waals surface area contributed by atoms with Gasteiger partial charge in [-0.3, -0.25) is 9.48 Å². The van der Waals surface area contributed by atoms with E-state index in [1.807, 2.05) is 10.9 Å². The minimum Gasteiger partial charge on any atom is -0.337 e. The van der Waals surface area contributed by atoms with E-state index in [1.165, 1.54) is 16.7 Å². The molecule has 120 valence electrons. The van der Waals surface area contributed by atoms with E-state index in [-0.39, 0.29) is 12.0 Å². The van der Waals surface area contributed by atoms with Crippen molar-refractivity contribution in [3.05, 3.63) is 53.3 Å². The number of hydrogen-bond acceptors (Lipinski definition) is 2. The highest BCUT2D eigenvalue weighted by atomic mass is 16.2. The summed E-state index contributed by atoms with van der Waals surface area (Å²) >= 11 is 0. The van der Waals surface area contributed by atoms with Gasteiger partial charge in [0.15, 0.2) is 0 Å². The third-order valence-corrected chi connectivity index (χ3v) is 5.25. The van der Waals surface area contributed by atoms with Crippen molar-refractivity contribution in [2.75, 3.05) is 6.54 Å². The molecule has 0 saturated carbocycles. The molecule has 0 bridgehead atoms. The number of benzene rings is 1. The number of rotatable bonds is 3. The molecule has 2 aliphatic rings. The molecule has 1 fully saturated rings. The van der Waals surface area contributed by atoms with Gasteiger partial charge < -0.3 is 4.90 Å². The Labute approximate surface area is 137 Å². The number of nitrogens with zero attached hydrogens (tertiary/aromatic N) is 3. The van der Waals surface area contributed by atoms with Gasteiger partial charge in [-0.2, -0.15) is 5.10 Å². The minimum absolute atomic E-state index is 0.0613. The van der Waals surface area contributed by atoms with Gasteiger partial charge in [-0.25, -0.2) is 0 Å². The van der Waals surface area contributed by atoms with Gasteiger partial charge in [-0.1, -0.05) is 24.3 Å². The Morgan fingerprint density at radius 1 is 1.30 bits per heavy atom. The molecule has 1 aliphatic heterocycles. The molecule has 0 N–H and O–H groups in total. The van der Waals surface area contributed by atoms with Crippen LogP contribution in [0.2, 0.25) is 0 Å². The molecule has 0 radical (unpaired) electrons. The van der Waals surface area contributed by atoms with Crippen LogP contribution in [0.3, 0.4) is 0 Å². The van der Waals surface area contributed by atoms with Crippen molar-refractivity contribution in [2.45, 2.75) is 51.1 Å². The number of aryl methyl sites for hydroxylation is 2. The van der Waals surface area contributed by atoms with Gasteiger partial charge >= 0.3 is 0 Å². The van der Waals surface area contributed by atoms with Gasteiger partial charge in [-0.05, 0) is 49.3 Å². The lowest BCUT2D eigenvalue weighted by atomic mass is 9.99. The van der Waals surface area contributed by atoms with Crippen LogP contribution in [-0.2, 0) is 17.8 Å². The topological polar surface area (TPSA) is 38.1 Å². The van der Waals surface area contributed by atoms with E-state index >= 15 is 0 Å². The molecule has 2 atom stereocenters. The van der Waals surface area contributed by atoms with Crippen molar-refractivity contribution < 1.29 is 4.79 Å². The van der Waals surface area contributed by atoms with Crippen molar-refractivity contribution in [1.29, 1.82) is 0 Å². The van der Waals surface area contributed by atoms with Crippen molar-refractivity contribution >= 4 is 5.91 Å². The zero-order valence-corrected chi connectivity index (χ0v) is 13.6. The van der Waals surface area contributed by atoms with Crippen LogP contribution in [0, 0.1) is 6.92 Å². The summed E-state index contributed by atoms with van der Waals surface area (Å²) < 4.78 is 1.98. The summed E-state index contributed by atoms with van der Waals surface area (Å²) in [7, 11) is 0. The van der Waals surface area contributed by atoms with Crippen LogP contribution in [0.4, 0.5) is 0 Å². The zero-order chi connectivity index (χ0) is 15.8. The SMILES string of the molecule is Cc1cnn(C[C@@H]2CCCN2C(=O)[C@@H]2CCc3ccccc32)c1. The monoisotopic (exact) mass is 309 g/mol. The molecule has 0 spiro atoms. The fourth-order valence-corrected chi connectivity index (χ4v) is 4.11. The molecule has 4 heteroatoms. The van der Waals surface area contributed by atoms with E-state index in [9.17, 15) is 4.79 Å². The number of hydrogen-bond donors (Lipinski definition) is 0. The summed E-state index contributed by atoms with van der Waals surface area (Å²) in [4.78, 5) is 15.2. The summed E-state index contributed by atoms with van der Waals surface area (Å²) in [5.74, 6) is 0.382. The smallest absolute Gasteiger partial charge is 0.230 e. The summed E-state index contributed by atoms with van der Waals surface area (Å²) in [6.45, 7) is 3.76. The van der Waals surface area contributed by atoms with Gasteiger partial charge in [0.1, 0.15) is 0 Å². The van der Waals surface area contributed by atoms with Gasteiger partial charge in [0.25, 0.3) is 0 Å². The average molecular weight is 309 g/mol. The summed E-state index contributed by atoms with van der Waals surface area (Å²) in [6, 6.07) is 8.71. The second-order valence-electron chi connectivity index (χ2n) is 6.86. The Hall–Kier alpha value is -2.10. The van der Waals surface area contributed by atoms with Crippen LogP contribution in [0.5, 0.6) is 0 Å². The van der Waals surface area contributed by atoms with Gasteiger partial charge in [0.05, 0.1) is 24.7 Å². The lowest BCUT2D eigenvalue weighted by Gasteiger charge is -2.27. The third kappa shape index (κ3) is 2.67. The van der Waals surface area contributed by atoms with Crippen LogP contribution in [0.15, 0.2) is 36.7 Å². The number of aromatic nitrogens is 2. The molecule has 4 rings (SSSR count). The minimum atomic E-state index is 0.0613. The lowest BCUT2D eigenvalue weighted by Crippen LogP contribution is -2.40. The maximum absolute atomic E-state index is 13.1. The number of fused-ring (bicyclic) bond motifs is 1. The van der Waals surface area contributed by atoms with Crippen LogP contribution in [-0.4, -0.2) is 33.2 Å². The largest absolute Gasteiger partial charge is 0.337 e. The van der Waals surface area contributed by atoms with E-state index in [0.29, 0.717) is 5.91 Å². The molecule has 4 nitrogen and oxygen atoms in total. The maximum Gasteiger partial charge on any atom is 0.230 e. The normalized spacial score (nSPS) is 23.3. The van der Waals surface area contributed by atoms with Crippen LogP contribution in [0.1, 0.15) is 41.9 Å². The zero-order valence-electron chi connectivity index (χ0n) is 13.6. The van der Waals surface area contributed by atoms with Gasteiger partial charge in [0.2, 0.25) is 5.91 Å². The number of carbonyl (C=O) groups excluding carboxylic acids is 1. The number of carbonyl (C=O) groups is 1. The van der Waals surface area contributed by atoms with E-state index in [4.69, 9.17) is 0 Å². The lowest BCUT2D eigenvalue weighted by molar-refractivity contribution is -0.133. The summed E-state index contributed by atoms with van der Waals surface area (Å²) in [5.41, 5.74) is 3.77. The second-order valence-corrected chi connectivity index (χ2v) is 6.86. The quantitative estimate of drug-likeness (QED) is 0.874. The number of amides is 1. The van der Waals surface area contributed by atoms with Crippen LogP contribution < -0.4 is 0 Å². The molecule has 2 aromatic rings. The van der Waals surface area contributed by atoms with Crippen molar-refractivity contribution in [2.24, 2.45) is 0 Å². The van der Waals surface area contributed by atoms with Gasteiger partial charge in [0, 0.05) is 12.7 Å². The highest BCUT2D eigenvalue weighted by Gasteiger charge is 2.36. The second kappa shape index (κ2) is 5.84. The maximum atomic E-state index is 13.1. The molecule has 1 aromatic heterocycles. The Kier molecular flexibility index (Phi) is 3.68. The molecule has 23 heavy (non-hydrogen) atoms. The van der Waals surface area contributed by atoms with Gasteiger partial charge in [-0.15, -0.1) is 0 Å². The third-order valence-electron chi connectivity index (χ3n) is 5.25.